The van der Waals surface area contributed by atoms with Crippen LogP contribution in [-0.4, -0.2) is 35.2 Å². The van der Waals surface area contributed by atoms with Crippen LogP contribution in [0.4, 0.5) is 4.39 Å². The fraction of sp³-hybridized carbons (Fsp3) is 0.571. The third-order valence-electron chi connectivity index (χ3n) is 3.63. The summed E-state index contributed by atoms with van der Waals surface area (Å²) in [7, 11) is -1.62. The Hall–Kier alpha value is -0.905. The first-order chi connectivity index (χ1) is 8.94. The van der Waals surface area contributed by atoms with Crippen molar-refractivity contribution in [1.82, 2.24) is 4.90 Å². The van der Waals surface area contributed by atoms with Gasteiger partial charge in [-0.25, -0.2) is 4.39 Å². The lowest BCUT2D eigenvalue weighted by Crippen LogP contribution is -2.38. The highest BCUT2D eigenvalue weighted by atomic mass is 19.1. The molecule has 5 heteroatoms. The number of benzene rings is 1. The molecule has 0 aromatic heterocycles. The van der Waals surface area contributed by atoms with Crippen molar-refractivity contribution < 1.29 is 14.4 Å². The molecule has 2 N–H and O–H groups in total. The van der Waals surface area contributed by atoms with Gasteiger partial charge in [-0.1, -0.05) is 19.9 Å². The lowest BCUT2D eigenvalue weighted by molar-refractivity contribution is 0.134. The monoisotopic (exact) mass is 265 g/mol. The van der Waals surface area contributed by atoms with Gasteiger partial charge in [0.2, 0.25) is 0 Å². The summed E-state index contributed by atoms with van der Waals surface area (Å²) in [6, 6.07) is 4.29. The van der Waals surface area contributed by atoms with Gasteiger partial charge in [0.15, 0.2) is 0 Å². The van der Waals surface area contributed by atoms with E-state index in [0.717, 1.165) is 24.7 Å². The average Bonchev–Trinajstić information content (AvgIpc) is 2.26. The fourth-order valence-corrected chi connectivity index (χ4v) is 3.10. The van der Waals surface area contributed by atoms with Crippen molar-refractivity contribution in [3.8, 4) is 0 Å². The van der Waals surface area contributed by atoms with Crippen LogP contribution < -0.4 is 5.46 Å². The van der Waals surface area contributed by atoms with E-state index in [2.05, 4.69) is 18.7 Å². The topological polar surface area (TPSA) is 43.7 Å². The SMILES string of the molecule is CC1CC(C)CN(Cc2cc(F)cc(B(O)O)c2)C1. The predicted molar refractivity (Wildman–Crippen MR) is 74.4 cm³/mol. The van der Waals surface area contributed by atoms with Gasteiger partial charge in [-0.05, 0) is 41.4 Å². The van der Waals surface area contributed by atoms with Crippen LogP contribution in [0.2, 0.25) is 0 Å². The van der Waals surface area contributed by atoms with Gasteiger partial charge in [-0.3, -0.25) is 4.90 Å². The van der Waals surface area contributed by atoms with Crippen LogP contribution in [0.25, 0.3) is 0 Å². The molecule has 0 bridgehead atoms. The Morgan fingerprint density at radius 3 is 2.42 bits per heavy atom. The van der Waals surface area contributed by atoms with Gasteiger partial charge in [0.25, 0.3) is 0 Å². The largest absolute Gasteiger partial charge is 0.488 e. The van der Waals surface area contributed by atoms with E-state index in [1.807, 2.05) is 0 Å². The summed E-state index contributed by atoms with van der Waals surface area (Å²) < 4.78 is 13.5. The van der Waals surface area contributed by atoms with Gasteiger partial charge in [-0.2, -0.15) is 0 Å². The molecule has 1 heterocycles. The molecule has 0 spiro atoms. The number of hydrogen-bond acceptors (Lipinski definition) is 3. The van der Waals surface area contributed by atoms with Crippen molar-refractivity contribution in [3.63, 3.8) is 0 Å². The minimum Gasteiger partial charge on any atom is -0.423 e. The number of hydrogen-bond donors (Lipinski definition) is 2. The summed E-state index contributed by atoms with van der Waals surface area (Å²) in [6.07, 6.45) is 1.24. The summed E-state index contributed by atoms with van der Waals surface area (Å²) in [5, 5.41) is 18.3. The molecule has 3 nitrogen and oxygen atoms in total. The highest BCUT2D eigenvalue weighted by Gasteiger charge is 2.22. The highest BCUT2D eigenvalue weighted by Crippen LogP contribution is 2.22. The van der Waals surface area contributed by atoms with E-state index in [4.69, 9.17) is 10.0 Å². The van der Waals surface area contributed by atoms with Crippen LogP contribution in [0.5, 0.6) is 0 Å². The number of nitrogens with zero attached hydrogens (tertiary/aromatic N) is 1. The van der Waals surface area contributed by atoms with E-state index >= 15 is 0 Å². The summed E-state index contributed by atoms with van der Waals surface area (Å²) >= 11 is 0. The van der Waals surface area contributed by atoms with Crippen LogP contribution in [0.3, 0.4) is 0 Å². The molecule has 1 aliphatic rings. The molecule has 2 rings (SSSR count). The average molecular weight is 265 g/mol. The first-order valence-electron chi connectivity index (χ1n) is 6.82. The van der Waals surface area contributed by atoms with Crippen molar-refractivity contribution in [1.29, 1.82) is 0 Å². The molecule has 1 aromatic carbocycles. The van der Waals surface area contributed by atoms with Gasteiger partial charge in [0.1, 0.15) is 5.82 Å². The van der Waals surface area contributed by atoms with Crippen LogP contribution in [0, 0.1) is 17.7 Å². The quantitative estimate of drug-likeness (QED) is 0.801. The van der Waals surface area contributed by atoms with E-state index in [0.29, 0.717) is 18.4 Å². The molecule has 1 aromatic rings. The standard InChI is InChI=1S/C14H21BFNO2/c1-10-3-11(2)8-17(7-10)9-12-4-13(15(18)19)6-14(16)5-12/h4-6,10-11,18-19H,3,7-9H2,1-2H3. The minimum absolute atomic E-state index is 0.216. The second kappa shape index (κ2) is 6.03. The first kappa shape index (κ1) is 14.5. The van der Waals surface area contributed by atoms with Gasteiger partial charge in [0, 0.05) is 19.6 Å². The van der Waals surface area contributed by atoms with Crippen molar-refractivity contribution in [3.05, 3.63) is 29.6 Å². The zero-order chi connectivity index (χ0) is 14.0. The van der Waals surface area contributed by atoms with Gasteiger partial charge in [0.05, 0.1) is 0 Å². The second-order valence-corrected chi connectivity index (χ2v) is 5.91. The lowest BCUT2D eigenvalue weighted by atomic mass is 9.79. The molecule has 1 aliphatic heterocycles. The maximum atomic E-state index is 13.5. The number of likely N-dealkylation sites (tertiary alicyclic amines) is 1. The smallest absolute Gasteiger partial charge is 0.423 e. The number of rotatable bonds is 3. The zero-order valence-corrected chi connectivity index (χ0v) is 11.5. The molecule has 0 amide bonds. The van der Waals surface area contributed by atoms with Gasteiger partial charge < -0.3 is 10.0 Å². The Morgan fingerprint density at radius 1 is 1.21 bits per heavy atom. The highest BCUT2D eigenvalue weighted by molar-refractivity contribution is 6.58. The third kappa shape index (κ3) is 4.03. The van der Waals surface area contributed by atoms with Crippen molar-refractivity contribution >= 4 is 12.6 Å². The maximum Gasteiger partial charge on any atom is 0.488 e. The van der Waals surface area contributed by atoms with Crippen LogP contribution in [0.15, 0.2) is 18.2 Å². The molecule has 2 atom stereocenters. The zero-order valence-electron chi connectivity index (χ0n) is 11.5. The van der Waals surface area contributed by atoms with Gasteiger partial charge in [-0.15, -0.1) is 0 Å². The molecule has 2 unspecified atom stereocenters. The summed E-state index contributed by atoms with van der Waals surface area (Å²) in [5.41, 5.74) is 1.01. The normalized spacial score (nSPS) is 24.5. The van der Waals surface area contributed by atoms with E-state index in [9.17, 15) is 4.39 Å². The Labute approximate surface area is 114 Å². The third-order valence-corrected chi connectivity index (χ3v) is 3.63. The van der Waals surface area contributed by atoms with E-state index in [1.54, 1.807) is 6.07 Å². The Balaban J connectivity index is 2.10. The van der Waals surface area contributed by atoms with Gasteiger partial charge >= 0.3 is 7.12 Å². The van der Waals surface area contributed by atoms with Crippen molar-refractivity contribution in [2.45, 2.75) is 26.8 Å². The second-order valence-electron chi connectivity index (χ2n) is 5.91. The first-order valence-corrected chi connectivity index (χ1v) is 6.82. The van der Waals surface area contributed by atoms with Crippen molar-refractivity contribution in [2.24, 2.45) is 11.8 Å². The van der Waals surface area contributed by atoms with E-state index < -0.39 is 12.9 Å². The summed E-state index contributed by atoms with van der Waals surface area (Å²) in [4.78, 5) is 2.31. The number of halogens is 1. The lowest BCUT2D eigenvalue weighted by Gasteiger charge is -2.35. The van der Waals surface area contributed by atoms with E-state index in [1.165, 1.54) is 12.5 Å². The molecule has 0 radical (unpaired) electrons. The molecule has 1 saturated heterocycles. The van der Waals surface area contributed by atoms with E-state index in [-0.39, 0.29) is 5.46 Å². The minimum atomic E-state index is -1.62. The Bertz CT molecular complexity index is 431. The number of piperidine rings is 1. The van der Waals surface area contributed by atoms with Crippen molar-refractivity contribution in [2.75, 3.05) is 13.1 Å². The van der Waals surface area contributed by atoms with Crippen LogP contribution >= 0.6 is 0 Å². The Morgan fingerprint density at radius 2 is 1.84 bits per heavy atom. The molecule has 0 aliphatic carbocycles. The predicted octanol–water partition coefficient (Wildman–Crippen LogP) is 0.983. The fourth-order valence-electron chi connectivity index (χ4n) is 3.10. The molecular formula is C14H21BFNO2. The molecule has 0 saturated carbocycles. The molecular weight excluding hydrogens is 244 g/mol. The Kier molecular flexibility index (Phi) is 4.60. The van der Waals surface area contributed by atoms with Crippen LogP contribution in [0.1, 0.15) is 25.8 Å². The molecule has 19 heavy (non-hydrogen) atoms. The maximum absolute atomic E-state index is 13.5. The summed E-state index contributed by atoms with van der Waals surface area (Å²) in [6.45, 7) is 7.15. The summed E-state index contributed by atoms with van der Waals surface area (Å²) in [5.74, 6) is 0.888. The van der Waals surface area contributed by atoms with Crippen LogP contribution in [-0.2, 0) is 6.54 Å². The molecule has 104 valence electrons. The molecule has 1 fully saturated rings.